The molecule has 2 aromatic carbocycles. The van der Waals surface area contributed by atoms with E-state index in [1.165, 1.54) is 12.1 Å². The highest BCUT2D eigenvalue weighted by Crippen LogP contribution is 2.57. The molecule has 33 heavy (non-hydrogen) atoms. The molecule has 7 nitrogen and oxygen atoms in total. The molecule has 2 heterocycles. The van der Waals surface area contributed by atoms with Crippen molar-refractivity contribution in [3.05, 3.63) is 65.8 Å². The van der Waals surface area contributed by atoms with Crippen LogP contribution in [0.25, 0.3) is 22.0 Å². The van der Waals surface area contributed by atoms with E-state index in [1.54, 1.807) is 12.1 Å². The van der Waals surface area contributed by atoms with Crippen molar-refractivity contribution in [3.8, 4) is 11.1 Å². The Balaban J connectivity index is 1.24. The van der Waals surface area contributed by atoms with Crippen molar-refractivity contribution in [2.45, 2.75) is 37.8 Å². The summed E-state index contributed by atoms with van der Waals surface area (Å²) in [5.41, 5.74) is 8.31. The summed E-state index contributed by atoms with van der Waals surface area (Å²) in [5.74, 6) is 0.840. The molecule has 0 amide bonds. The van der Waals surface area contributed by atoms with Crippen molar-refractivity contribution in [1.29, 1.82) is 0 Å². The third-order valence-electron chi connectivity index (χ3n) is 6.64. The highest BCUT2D eigenvalue weighted by molar-refractivity contribution is 5.96. The quantitative estimate of drug-likeness (QED) is 0.380. The molecule has 168 valence electrons. The highest BCUT2D eigenvalue weighted by atomic mass is 19.1. The molecule has 0 unspecified atom stereocenters. The van der Waals surface area contributed by atoms with Gasteiger partial charge < -0.3 is 20.6 Å². The molecule has 0 spiro atoms. The third kappa shape index (κ3) is 3.70. The van der Waals surface area contributed by atoms with Crippen LogP contribution in [0.5, 0.6) is 0 Å². The van der Waals surface area contributed by atoms with E-state index in [-0.39, 0.29) is 23.7 Å². The second-order valence-corrected chi connectivity index (χ2v) is 9.10. The Hall–Kier alpha value is -3.52. The third-order valence-corrected chi connectivity index (χ3v) is 6.64. The minimum atomic E-state index is -0.982. The zero-order chi connectivity index (χ0) is 22.6. The van der Waals surface area contributed by atoms with Crippen LogP contribution in [0.4, 0.5) is 16.2 Å². The van der Waals surface area contributed by atoms with Crippen molar-refractivity contribution in [2.75, 3.05) is 11.1 Å². The van der Waals surface area contributed by atoms with Gasteiger partial charge in [0.25, 0.3) is 5.89 Å². The fourth-order valence-corrected chi connectivity index (χ4v) is 4.66. The van der Waals surface area contributed by atoms with Crippen LogP contribution in [0.15, 0.2) is 52.9 Å². The molecule has 0 atom stereocenters. The Labute approximate surface area is 189 Å². The first kappa shape index (κ1) is 20.1. The maximum atomic E-state index is 13.8. The lowest BCUT2D eigenvalue weighted by Crippen LogP contribution is -2.31. The van der Waals surface area contributed by atoms with Gasteiger partial charge in [-0.05, 0) is 78.5 Å². The average molecular weight is 445 g/mol. The number of pyridine rings is 1. The van der Waals surface area contributed by atoms with E-state index in [0.29, 0.717) is 18.3 Å². The zero-order valence-corrected chi connectivity index (χ0v) is 18.0. The molecule has 0 saturated heterocycles. The van der Waals surface area contributed by atoms with Gasteiger partial charge in [-0.3, -0.25) is 0 Å². The van der Waals surface area contributed by atoms with Gasteiger partial charge in [0.1, 0.15) is 17.2 Å². The lowest BCUT2D eigenvalue weighted by Gasteiger charge is -2.23. The van der Waals surface area contributed by atoms with Crippen LogP contribution in [-0.4, -0.2) is 20.3 Å². The van der Waals surface area contributed by atoms with E-state index in [9.17, 15) is 9.50 Å². The fourth-order valence-electron chi connectivity index (χ4n) is 4.66. The number of aliphatic hydroxyl groups is 1. The second-order valence-electron chi connectivity index (χ2n) is 9.10. The number of fused-ring (bicyclic) bond motifs is 1. The molecule has 6 rings (SSSR count). The molecule has 2 aliphatic carbocycles. The van der Waals surface area contributed by atoms with Crippen LogP contribution < -0.4 is 11.1 Å². The van der Waals surface area contributed by atoms with Crippen molar-refractivity contribution in [2.24, 2.45) is 11.8 Å². The van der Waals surface area contributed by atoms with Crippen LogP contribution in [0.2, 0.25) is 0 Å². The Kier molecular flexibility index (Phi) is 4.58. The minimum absolute atomic E-state index is 0.225. The summed E-state index contributed by atoms with van der Waals surface area (Å²) in [6.45, 7) is 0.439. The van der Waals surface area contributed by atoms with Crippen LogP contribution in [0, 0.1) is 17.7 Å². The van der Waals surface area contributed by atoms with E-state index in [1.807, 2.05) is 24.3 Å². The number of nitrogen functional groups attached to an aromatic ring is 1. The highest BCUT2D eigenvalue weighted by Gasteiger charge is 2.57. The first-order valence-corrected chi connectivity index (χ1v) is 11.3. The molecule has 0 bridgehead atoms. The Bertz CT molecular complexity index is 1330. The van der Waals surface area contributed by atoms with Crippen molar-refractivity contribution >= 4 is 22.7 Å². The Morgan fingerprint density at radius 2 is 1.85 bits per heavy atom. The summed E-state index contributed by atoms with van der Waals surface area (Å²) >= 11 is 0. The normalized spacial score (nSPS) is 16.3. The number of anilines is 2. The molecule has 2 aliphatic rings. The van der Waals surface area contributed by atoms with Gasteiger partial charge in [0.15, 0.2) is 0 Å². The summed E-state index contributed by atoms with van der Waals surface area (Å²) in [6.07, 6.45) is 4.01. The van der Waals surface area contributed by atoms with Gasteiger partial charge in [-0.25, -0.2) is 9.37 Å². The lowest BCUT2D eigenvalue weighted by atomic mass is 9.92. The number of aromatic nitrogens is 3. The van der Waals surface area contributed by atoms with E-state index in [0.717, 1.165) is 53.3 Å². The summed E-state index contributed by atoms with van der Waals surface area (Å²) < 4.78 is 19.6. The summed E-state index contributed by atoms with van der Waals surface area (Å²) in [5, 5.41) is 23.5. The molecule has 0 radical (unpaired) electrons. The van der Waals surface area contributed by atoms with Gasteiger partial charge in [0.05, 0.1) is 5.52 Å². The monoisotopic (exact) mass is 445 g/mol. The number of nitrogens with one attached hydrogen (secondary N) is 1. The van der Waals surface area contributed by atoms with Crippen LogP contribution in [0.1, 0.15) is 37.1 Å². The summed E-state index contributed by atoms with van der Waals surface area (Å²) in [6, 6.07) is 14.3. The zero-order valence-electron chi connectivity index (χ0n) is 18.0. The van der Waals surface area contributed by atoms with E-state index >= 15 is 0 Å². The van der Waals surface area contributed by atoms with Gasteiger partial charge in [-0.1, -0.05) is 29.4 Å². The van der Waals surface area contributed by atoms with E-state index in [2.05, 4.69) is 20.5 Å². The number of nitrogens with zero attached hydrogens (tertiary/aromatic N) is 3. The standard InChI is InChI=1S/C25H24FN5O2/c26-18-3-1-2-15(11-18)20-12-22(27)29-21-10-14(4-9-19(20)21)13-28-24-31-30-23(33-24)25(32,16-5-6-16)17-7-8-17/h1-4,9-12,16-17,32H,5-8,13H2,(H2,27,29)(H,28,31). The van der Waals surface area contributed by atoms with Crippen LogP contribution >= 0.6 is 0 Å². The predicted octanol–water partition coefficient (Wildman–Crippen LogP) is 4.63. The minimum Gasteiger partial charge on any atom is -0.405 e. The number of nitrogens with two attached hydrogens (primary N) is 1. The van der Waals surface area contributed by atoms with Crippen LogP contribution in [0.3, 0.4) is 0 Å². The number of rotatable bonds is 7. The largest absolute Gasteiger partial charge is 0.405 e. The molecular formula is C25H24FN5O2. The molecule has 4 N–H and O–H groups in total. The molecule has 4 aromatic rings. The second kappa shape index (κ2) is 7.52. The SMILES string of the molecule is Nc1cc(-c2cccc(F)c2)c2ccc(CNc3nnc(C(O)(C4CC4)C4CC4)o3)cc2n1. The number of hydrogen-bond acceptors (Lipinski definition) is 7. The summed E-state index contributed by atoms with van der Waals surface area (Å²) in [7, 11) is 0. The van der Waals surface area contributed by atoms with Crippen molar-refractivity contribution < 1.29 is 13.9 Å². The van der Waals surface area contributed by atoms with Gasteiger partial charge in [0.2, 0.25) is 0 Å². The molecule has 2 fully saturated rings. The van der Waals surface area contributed by atoms with Gasteiger partial charge in [-0.15, -0.1) is 5.10 Å². The predicted molar refractivity (Wildman–Crippen MR) is 123 cm³/mol. The number of hydrogen-bond donors (Lipinski definition) is 3. The topological polar surface area (TPSA) is 110 Å². The smallest absolute Gasteiger partial charge is 0.315 e. The van der Waals surface area contributed by atoms with Gasteiger partial charge in [-0.2, -0.15) is 0 Å². The van der Waals surface area contributed by atoms with E-state index < -0.39 is 5.60 Å². The lowest BCUT2D eigenvalue weighted by molar-refractivity contribution is -0.0343. The molecule has 0 aliphatic heterocycles. The van der Waals surface area contributed by atoms with Gasteiger partial charge in [0, 0.05) is 11.9 Å². The molecule has 2 saturated carbocycles. The Morgan fingerprint density at radius 3 is 2.58 bits per heavy atom. The van der Waals surface area contributed by atoms with Crippen LogP contribution in [-0.2, 0) is 12.1 Å². The van der Waals surface area contributed by atoms with Gasteiger partial charge >= 0.3 is 6.01 Å². The maximum Gasteiger partial charge on any atom is 0.315 e. The first-order valence-electron chi connectivity index (χ1n) is 11.3. The van der Waals surface area contributed by atoms with E-state index in [4.69, 9.17) is 10.2 Å². The first-order chi connectivity index (χ1) is 16.0. The number of benzene rings is 2. The summed E-state index contributed by atoms with van der Waals surface area (Å²) in [4.78, 5) is 4.46. The fraction of sp³-hybridized carbons (Fsp3) is 0.320. The maximum absolute atomic E-state index is 13.8. The van der Waals surface area contributed by atoms with Crippen molar-refractivity contribution in [3.63, 3.8) is 0 Å². The molecule has 2 aromatic heterocycles. The molecular weight excluding hydrogens is 421 g/mol. The molecule has 8 heteroatoms. The number of halogens is 1. The average Bonchev–Trinajstić information content (AvgIpc) is 3.74. The Morgan fingerprint density at radius 1 is 1.06 bits per heavy atom. The van der Waals surface area contributed by atoms with Crippen molar-refractivity contribution in [1.82, 2.24) is 15.2 Å².